The van der Waals surface area contributed by atoms with Crippen LogP contribution < -0.4 is 5.73 Å². The largest absolute Gasteiger partial charge is 0.384 e. The van der Waals surface area contributed by atoms with Gasteiger partial charge >= 0.3 is 0 Å². The molecule has 0 amide bonds. The number of hydrogen-bond donors (Lipinski definition) is 2. The number of aryl methyl sites for hydroxylation is 1. The molecule has 1 saturated heterocycles. The molecule has 0 spiro atoms. The van der Waals surface area contributed by atoms with E-state index in [9.17, 15) is 0 Å². The Morgan fingerprint density at radius 2 is 1.88 bits per heavy atom. The van der Waals surface area contributed by atoms with Crippen LogP contribution in [0.15, 0.2) is 53.5 Å². The van der Waals surface area contributed by atoms with Gasteiger partial charge in [-0.25, -0.2) is 4.99 Å². The number of likely N-dealkylation sites (tertiary alicyclic amines) is 1. The van der Waals surface area contributed by atoms with Crippen LogP contribution in [0, 0.1) is 12.3 Å². The minimum atomic E-state index is 0.0807. The Labute approximate surface area is 149 Å². The Bertz CT molecular complexity index is 794. The van der Waals surface area contributed by atoms with Crippen molar-refractivity contribution < 1.29 is 0 Å². The molecule has 0 aromatic heterocycles. The summed E-state index contributed by atoms with van der Waals surface area (Å²) in [5.41, 5.74) is 9.64. The highest BCUT2D eigenvalue weighted by Crippen LogP contribution is 2.24. The number of rotatable bonds is 3. The molecule has 1 aliphatic heterocycles. The number of amidine groups is 2. The lowest BCUT2D eigenvalue weighted by Gasteiger charge is -2.36. The highest BCUT2D eigenvalue weighted by Gasteiger charge is 2.24. The number of nitrogens with two attached hydrogens (primary N) is 1. The summed E-state index contributed by atoms with van der Waals surface area (Å²) in [5.74, 6) is 1.00. The molecule has 2 aromatic rings. The van der Waals surface area contributed by atoms with Gasteiger partial charge in [-0.05, 0) is 50.8 Å². The summed E-state index contributed by atoms with van der Waals surface area (Å²) < 4.78 is 0. The SMILES string of the molecule is Cc1cccc(N=C(c2ccccc2C(=N)N)N2CCCCC2C)c1. The summed E-state index contributed by atoms with van der Waals surface area (Å²) in [4.78, 5) is 7.37. The highest BCUT2D eigenvalue weighted by molar-refractivity contribution is 6.10. The quantitative estimate of drug-likeness (QED) is 0.651. The van der Waals surface area contributed by atoms with Crippen molar-refractivity contribution in [1.29, 1.82) is 5.41 Å². The van der Waals surface area contributed by atoms with E-state index in [2.05, 4.69) is 30.9 Å². The Hall–Kier alpha value is -2.62. The molecule has 1 fully saturated rings. The van der Waals surface area contributed by atoms with Crippen LogP contribution in [-0.4, -0.2) is 29.2 Å². The smallest absolute Gasteiger partial charge is 0.137 e. The Balaban J connectivity index is 2.14. The molecule has 0 radical (unpaired) electrons. The van der Waals surface area contributed by atoms with Gasteiger partial charge in [0.05, 0.1) is 5.69 Å². The number of aliphatic imine (C=N–C) groups is 1. The fraction of sp³-hybridized carbons (Fsp3) is 0.333. The topological polar surface area (TPSA) is 65.5 Å². The third-order valence-corrected chi connectivity index (χ3v) is 4.77. The van der Waals surface area contributed by atoms with Crippen LogP contribution in [0.2, 0.25) is 0 Å². The van der Waals surface area contributed by atoms with Crippen LogP contribution in [0.1, 0.15) is 42.9 Å². The summed E-state index contributed by atoms with van der Waals surface area (Å²) in [6, 6.07) is 16.5. The van der Waals surface area contributed by atoms with Crippen LogP contribution >= 0.6 is 0 Å². The zero-order chi connectivity index (χ0) is 17.8. The fourth-order valence-corrected chi connectivity index (χ4v) is 3.42. The molecule has 2 aromatic carbocycles. The second kappa shape index (κ2) is 7.51. The molecule has 1 aliphatic rings. The van der Waals surface area contributed by atoms with Crippen LogP contribution in [0.3, 0.4) is 0 Å². The third kappa shape index (κ3) is 3.90. The van der Waals surface area contributed by atoms with E-state index in [4.69, 9.17) is 16.1 Å². The molecular formula is C21H26N4. The Morgan fingerprint density at radius 3 is 2.56 bits per heavy atom. The first kappa shape index (κ1) is 17.2. The second-order valence-corrected chi connectivity index (χ2v) is 6.77. The predicted octanol–water partition coefficient (Wildman–Crippen LogP) is 4.23. The van der Waals surface area contributed by atoms with Gasteiger partial charge in [0.15, 0.2) is 0 Å². The van der Waals surface area contributed by atoms with Gasteiger partial charge in [0.1, 0.15) is 11.7 Å². The average molecular weight is 334 g/mol. The van der Waals surface area contributed by atoms with Gasteiger partial charge in [0.25, 0.3) is 0 Å². The first-order chi connectivity index (χ1) is 12.1. The van der Waals surface area contributed by atoms with E-state index in [1.54, 1.807) is 0 Å². The zero-order valence-electron chi connectivity index (χ0n) is 15.0. The summed E-state index contributed by atoms with van der Waals surface area (Å²) in [7, 11) is 0. The lowest BCUT2D eigenvalue weighted by atomic mass is 9.99. The van der Waals surface area contributed by atoms with Crippen LogP contribution in [0.4, 0.5) is 5.69 Å². The molecule has 0 aliphatic carbocycles. The Morgan fingerprint density at radius 1 is 1.12 bits per heavy atom. The number of piperidine rings is 1. The highest BCUT2D eigenvalue weighted by atomic mass is 15.2. The summed E-state index contributed by atoms with van der Waals surface area (Å²) in [6.45, 7) is 5.31. The summed E-state index contributed by atoms with van der Waals surface area (Å²) in [5, 5.41) is 7.95. The minimum absolute atomic E-state index is 0.0807. The van der Waals surface area contributed by atoms with E-state index in [0.717, 1.165) is 35.6 Å². The van der Waals surface area contributed by atoms with Gasteiger partial charge in [-0.2, -0.15) is 0 Å². The standard InChI is InChI=1S/C21H26N4/c1-15-8-7-10-17(14-15)24-21(25-13-6-5-9-16(25)2)19-12-4-3-11-18(19)20(22)23/h3-4,7-8,10-12,14,16H,5-6,9,13H2,1-2H3,(H3,22,23). The maximum absolute atomic E-state index is 7.95. The van der Waals surface area contributed by atoms with Crippen molar-refractivity contribution in [2.75, 3.05) is 6.54 Å². The molecule has 1 heterocycles. The number of nitrogens with zero attached hydrogens (tertiary/aromatic N) is 2. The monoisotopic (exact) mass is 334 g/mol. The van der Waals surface area contributed by atoms with Gasteiger partial charge in [0, 0.05) is 23.7 Å². The zero-order valence-corrected chi connectivity index (χ0v) is 15.0. The van der Waals surface area contributed by atoms with Crippen molar-refractivity contribution in [3.05, 3.63) is 65.2 Å². The Kier molecular flexibility index (Phi) is 5.17. The molecule has 1 atom stereocenters. The maximum Gasteiger partial charge on any atom is 0.137 e. The van der Waals surface area contributed by atoms with Gasteiger partial charge in [-0.3, -0.25) is 5.41 Å². The second-order valence-electron chi connectivity index (χ2n) is 6.77. The summed E-state index contributed by atoms with van der Waals surface area (Å²) in [6.07, 6.45) is 3.58. The number of hydrogen-bond acceptors (Lipinski definition) is 2. The molecule has 130 valence electrons. The minimum Gasteiger partial charge on any atom is -0.384 e. The molecule has 0 saturated carbocycles. The van der Waals surface area contributed by atoms with E-state index < -0.39 is 0 Å². The molecule has 3 rings (SSSR count). The van der Waals surface area contributed by atoms with Crippen LogP contribution in [0.5, 0.6) is 0 Å². The van der Waals surface area contributed by atoms with Gasteiger partial charge in [-0.1, -0.05) is 36.4 Å². The lowest BCUT2D eigenvalue weighted by Crippen LogP contribution is -2.43. The van der Waals surface area contributed by atoms with E-state index in [1.165, 1.54) is 18.4 Å². The fourth-order valence-electron chi connectivity index (χ4n) is 3.42. The number of nitrogens with one attached hydrogen (secondary N) is 1. The molecule has 25 heavy (non-hydrogen) atoms. The van der Waals surface area contributed by atoms with Crippen LogP contribution in [-0.2, 0) is 0 Å². The average Bonchev–Trinajstić information content (AvgIpc) is 2.60. The van der Waals surface area contributed by atoms with Crippen molar-refractivity contribution in [1.82, 2.24) is 4.90 Å². The van der Waals surface area contributed by atoms with Crippen molar-refractivity contribution in [3.63, 3.8) is 0 Å². The molecule has 1 unspecified atom stereocenters. The molecule has 0 bridgehead atoms. The van der Waals surface area contributed by atoms with Crippen molar-refractivity contribution >= 4 is 17.4 Å². The van der Waals surface area contributed by atoms with Crippen LogP contribution in [0.25, 0.3) is 0 Å². The first-order valence-electron chi connectivity index (χ1n) is 8.92. The van der Waals surface area contributed by atoms with Crippen molar-refractivity contribution in [3.8, 4) is 0 Å². The van der Waals surface area contributed by atoms with E-state index in [0.29, 0.717) is 6.04 Å². The van der Waals surface area contributed by atoms with E-state index in [-0.39, 0.29) is 5.84 Å². The van der Waals surface area contributed by atoms with Crippen molar-refractivity contribution in [2.45, 2.75) is 39.2 Å². The summed E-state index contributed by atoms with van der Waals surface area (Å²) >= 11 is 0. The van der Waals surface area contributed by atoms with Gasteiger partial charge < -0.3 is 10.6 Å². The molecule has 4 heteroatoms. The number of nitrogen functional groups attached to an aromatic ring is 1. The normalized spacial score (nSPS) is 18.2. The molecule has 3 N–H and O–H groups in total. The maximum atomic E-state index is 7.95. The molecule has 4 nitrogen and oxygen atoms in total. The molecular weight excluding hydrogens is 308 g/mol. The van der Waals surface area contributed by atoms with Gasteiger partial charge in [0.2, 0.25) is 0 Å². The van der Waals surface area contributed by atoms with E-state index in [1.807, 2.05) is 36.4 Å². The predicted molar refractivity (Wildman–Crippen MR) is 105 cm³/mol. The van der Waals surface area contributed by atoms with E-state index >= 15 is 0 Å². The number of benzene rings is 2. The lowest BCUT2D eigenvalue weighted by molar-refractivity contribution is 0.259. The third-order valence-electron chi connectivity index (χ3n) is 4.77. The first-order valence-corrected chi connectivity index (χ1v) is 8.92. The van der Waals surface area contributed by atoms with Crippen molar-refractivity contribution in [2.24, 2.45) is 10.7 Å². The van der Waals surface area contributed by atoms with Gasteiger partial charge in [-0.15, -0.1) is 0 Å².